The van der Waals surface area contributed by atoms with E-state index in [0.717, 1.165) is 0 Å². The summed E-state index contributed by atoms with van der Waals surface area (Å²) in [6.07, 6.45) is 0.341. The van der Waals surface area contributed by atoms with Crippen molar-refractivity contribution in [2.24, 2.45) is 5.92 Å². The molecule has 1 fully saturated rings. The van der Waals surface area contributed by atoms with Crippen LogP contribution in [0.2, 0.25) is 0 Å². The zero-order valence-corrected chi connectivity index (χ0v) is 12.8. The van der Waals surface area contributed by atoms with Crippen LogP contribution < -0.4 is 19.5 Å². The van der Waals surface area contributed by atoms with Gasteiger partial charge in [-0.05, 0) is 48.7 Å². The Balaban J connectivity index is 1.61. The highest BCUT2D eigenvalue weighted by Crippen LogP contribution is 2.36. The lowest BCUT2D eigenvalue weighted by Gasteiger charge is -2.32. The van der Waals surface area contributed by atoms with Crippen LogP contribution in [0.25, 0.3) is 0 Å². The molecule has 0 aliphatic carbocycles. The Morgan fingerprint density at radius 1 is 1.25 bits per heavy atom. The van der Waals surface area contributed by atoms with Gasteiger partial charge >= 0.3 is 0 Å². The third-order valence-corrected chi connectivity index (χ3v) is 4.09. The molecule has 0 saturated carbocycles. The third kappa shape index (κ3) is 3.17. The minimum atomic E-state index is -2.29. The smallest absolute Gasteiger partial charge is 0.231 e. The van der Waals surface area contributed by atoms with Crippen LogP contribution in [-0.4, -0.2) is 26.4 Å². The van der Waals surface area contributed by atoms with E-state index in [1.807, 2.05) is 0 Å². The summed E-state index contributed by atoms with van der Waals surface area (Å²) in [6, 6.07) is 9.83. The van der Waals surface area contributed by atoms with Crippen molar-refractivity contribution in [2.75, 3.05) is 26.4 Å². The summed E-state index contributed by atoms with van der Waals surface area (Å²) in [7, 11) is 0. The van der Waals surface area contributed by atoms with Gasteiger partial charge in [-0.1, -0.05) is 12.1 Å². The number of hydrogen-bond acceptors (Lipinski definition) is 4. The summed E-state index contributed by atoms with van der Waals surface area (Å²) in [5, 5.41) is 3.11. The summed E-state index contributed by atoms with van der Waals surface area (Å²) >= 11 is 0. The molecule has 24 heavy (non-hydrogen) atoms. The predicted molar refractivity (Wildman–Crippen MR) is 88.2 cm³/mol. The van der Waals surface area contributed by atoms with Gasteiger partial charge in [-0.25, -0.2) is 4.39 Å². The molecule has 2 atom stereocenters. The van der Waals surface area contributed by atoms with Crippen LogP contribution in [0.4, 0.5) is 4.39 Å². The van der Waals surface area contributed by atoms with Gasteiger partial charge in [0.1, 0.15) is 14.3 Å². The molecular weight excluding hydrogens is 309 g/mol. The Hall–Kier alpha value is -2.27. The van der Waals surface area contributed by atoms with Crippen molar-refractivity contribution in [3.8, 4) is 17.2 Å². The average molecular weight is 334 g/mol. The molecule has 126 valence electrons. The Morgan fingerprint density at radius 3 is 2.96 bits per heavy atom. The minimum absolute atomic E-state index is 0.112. The topological polar surface area (TPSA) is 39.7 Å². The lowest BCUT2D eigenvalue weighted by atomic mass is 9.81. The van der Waals surface area contributed by atoms with Gasteiger partial charge in [-0.2, -0.15) is 0 Å². The van der Waals surface area contributed by atoms with Crippen molar-refractivity contribution >= 4 is 0 Å². The molecule has 2 aliphatic heterocycles. The normalized spacial score (nSPS) is 31.2. The zero-order chi connectivity index (χ0) is 20.9. The van der Waals surface area contributed by atoms with Gasteiger partial charge in [0.05, 0.1) is 9.30 Å². The predicted octanol–water partition coefficient (Wildman–Crippen LogP) is 3.33. The summed E-state index contributed by atoms with van der Waals surface area (Å²) in [5.74, 6) is -2.17. The SMILES string of the molecule is [2H]C1([2H])Oc2ccc(OC([2H])([2H])C3CNCC[C@@]3([2H])c3ccc(F)cc3)cc2O1. The zero-order valence-electron chi connectivity index (χ0n) is 17.8. The molecule has 1 N–H and O–H groups in total. The fourth-order valence-corrected chi connectivity index (χ4v) is 2.85. The van der Waals surface area contributed by atoms with E-state index in [1.54, 1.807) is 0 Å². The van der Waals surface area contributed by atoms with Crippen LogP contribution in [0.5, 0.6) is 17.2 Å². The molecule has 5 heteroatoms. The third-order valence-electron chi connectivity index (χ3n) is 4.09. The van der Waals surface area contributed by atoms with Crippen LogP contribution >= 0.6 is 0 Å². The molecule has 1 saturated heterocycles. The van der Waals surface area contributed by atoms with Crippen LogP contribution in [0, 0.1) is 11.7 Å². The van der Waals surface area contributed by atoms with E-state index in [1.165, 1.54) is 42.5 Å². The van der Waals surface area contributed by atoms with Gasteiger partial charge in [0.2, 0.25) is 6.75 Å². The molecule has 0 radical (unpaired) electrons. The van der Waals surface area contributed by atoms with Crippen molar-refractivity contribution in [1.29, 1.82) is 0 Å². The number of halogens is 1. The highest BCUT2D eigenvalue weighted by molar-refractivity contribution is 5.46. The Labute approximate surface area is 147 Å². The van der Waals surface area contributed by atoms with E-state index < -0.39 is 30.9 Å². The molecule has 0 spiro atoms. The molecular formula is C19H20FNO3. The number of ether oxygens (including phenoxy) is 3. The van der Waals surface area contributed by atoms with Gasteiger partial charge < -0.3 is 19.5 Å². The average Bonchev–Trinajstić information content (AvgIpc) is 2.95. The number of fused-ring (bicyclic) bond motifs is 1. The maximum atomic E-state index is 13.3. The first-order valence-electron chi connectivity index (χ1n) is 10.3. The maximum absolute atomic E-state index is 13.3. The maximum Gasteiger partial charge on any atom is 0.231 e. The second kappa shape index (κ2) is 6.69. The first-order chi connectivity index (χ1) is 13.6. The molecule has 4 rings (SSSR count). The number of rotatable bonds is 4. The van der Waals surface area contributed by atoms with E-state index >= 15 is 0 Å². The number of piperidine rings is 1. The van der Waals surface area contributed by atoms with Crippen molar-refractivity contribution < 1.29 is 25.5 Å². The standard InChI is InChI=1S/C19H20FNO3/c20-15-3-1-13(2-4-15)17-7-8-21-10-14(17)11-22-16-5-6-18-19(9-16)24-12-23-18/h1-6,9,14,17,21H,7-8,10-12H2/t14?,17-/m0/s1/i11D2,12D2,17D. The fourth-order valence-electron chi connectivity index (χ4n) is 2.85. The molecule has 4 nitrogen and oxygen atoms in total. The second-order valence-electron chi connectivity index (χ2n) is 5.65. The summed E-state index contributed by atoms with van der Waals surface area (Å²) in [6.45, 7) is -3.78. The van der Waals surface area contributed by atoms with Crippen molar-refractivity contribution in [3.63, 3.8) is 0 Å². The van der Waals surface area contributed by atoms with Crippen LogP contribution in [0.3, 0.4) is 0 Å². The highest BCUT2D eigenvalue weighted by atomic mass is 19.1. The van der Waals surface area contributed by atoms with E-state index in [9.17, 15) is 4.39 Å². The molecule has 0 bridgehead atoms. The summed E-state index contributed by atoms with van der Waals surface area (Å²) in [4.78, 5) is 0. The van der Waals surface area contributed by atoms with Gasteiger partial charge in [-0.3, -0.25) is 0 Å². The molecule has 2 aliphatic rings. The fraction of sp³-hybridized carbons (Fsp3) is 0.368. The van der Waals surface area contributed by atoms with Crippen molar-refractivity contribution in [1.82, 2.24) is 5.32 Å². The van der Waals surface area contributed by atoms with Crippen molar-refractivity contribution in [3.05, 3.63) is 53.8 Å². The molecule has 2 aromatic carbocycles. The largest absolute Gasteiger partial charge is 0.493 e. The van der Waals surface area contributed by atoms with Gasteiger partial charge in [0, 0.05) is 19.9 Å². The van der Waals surface area contributed by atoms with Crippen LogP contribution in [0.15, 0.2) is 42.5 Å². The minimum Gasteiger partial charge on any atom is -0.493 e. The van der Waals surface area contributed by atoms with E-state index in [4.69, 9.17) is 21.1 Å². The summed E-state index contributed by atoms with van der Waals surface area (Å²) in [5.41, 5.74) is 0.525. The lowest BCUT2D eigenvalue weighted by Crippen LogP contribution is -2.38. The number of nitrogens with one attached hydrogen (secondary N) is 1. The molecule has 0 aromatic heterocycles. The van der Waals surface area contributed by atoms with Crippen molar-refractivity contribution in [2.45, 2.75) is 12.3 Å². The quantitative estimate of drug-likeness (QED) is 0.931. The van der Waals surface area contributed by atoms with Crippen LogP contribution in [0.1, 0.15) is 24.7 Å². The molecule has 2 aromatic rings. The highest BCUT2D eigenvalue weighted by Gasteiger charge is 2.27. The van der Waals surface area contributed by atoms with E-state index in [2.05, 4.69) is 5.32 Å². The first-order valence-corrected chi connectivity index (χ1v) is 7.77. The summed E-state index contributed by atoms with van der Waals surface area (Å²) < 4.78 is 70.1. The Kier molecular flexibility index (Phi) is 2.95. The number of benzene rings is 2. The van der Waals surface area contributed by atoms with E-state index in [0.29, 0.717) is 18.5 Å². The first kappa shape index (κ1) is 10.6. The van der Waals surface area contributed by atoms with Gasteiger partial charge in [0.25, 0.3) is 0 Å². The Morgan fingerprint density at radius 2 is 2.08 bits per heavy atom. The molecule has 1 unspecified atom stereocenters. The lowest BCUT2D eigenvalue weighted by molar-refractivity contribution is 0.173. The monoisotopic (exact) mass is 334 g/mol. The van der Waals surface area contributed by atoms with E-state index in [-0.39, 0.29) is 23.8 Å². The van der Waals surface area contributed by atoms with Crippen LogP contribution in [-0.2, 0) is 0 Å². The molecule has 0 amide bonds. The van der Waals surface area contributed by atoms with Gasteiger partial charge in [0.15, 0.2) is 11.5 Å². The second-order valence-corrected chi connectivity index (χ2v) is 5.65. The molecule has 2 heterocycles. The number of hydrogen-bond donors (Lipinski definition) is 1. The Bertz CT molecular complexity index is 911. The van der Waals surface area contributed by atoms with Gasteiger partial charge in [-0.15, -0.1) is 0 Å².